The number of pyridine rings is 1. The van der Waals surface area contributed by atoms with Gasteiger partial charge in [0.2, 0.25) is 0 Å². The third-order valence-electron chi connectivity index (χ3n) is 6.75. The van der Waals surface area contributed by atoms with Crippen molar-refractivity contribution < 1.29 is 24.5 Å². The number of ether oxygens (including phenoxy) is 1. The molecular weight excluding hydrogens is 510 g/mol. The minimum absolute atomic E-state index is 0.0942. The van der Waals surface area contributed by atoms with Gasteiger partial charge in [0, 0.05) is 78.8 Å². The SMILES string of the molecule is CC(C)N1CCc2cc3cc(-n4ccc(OCc5ccccc5)cc4=O)ccc3n2CC1.O=C(O)C=CC(=O)O. The zero-order valence-corrected chi connectivity index (χ0v) is 22.6. The van der Waals surface area contributed by atoms with Gasteiger partial charge in [0.15, 0.2) is 0 Å². The van der Waals surface area contributed by atoms with Gasteiger partial charge in [-0.2, -0.15) is 0 Å². The third-order valence-corrected chi connectivity index (χ3v) is 6.75. The van der Waals surface area contributed by atoms with E-state index in [2.05, 4.69) is 41.5 Å². The van der Waals surface area contributed by atoms with Crippen LogP contribution in [0.3, 0.4) is 0 Å². The van der Waals surface area contributed by atoms with Gasteiger partial charge in [-0.3, -0.25) is 14.3 Å². The molecule has 40 heavy (non-hydrogen) atoms. The van der Waals surface area contributed by atoms with E-state index in [1.54, 1.807) is 16.8 Å². The molecule has 0 spiro atoms. The molecule has 0 amide bonds. The minimum Gasteiger partial charge on any atom is -0.489 e. The van der Waals surface area contributed by atoms with Crippen molar-refractivity contribution in [2.75, 3.05) is 13.1 Å². The van der Waals surface area contributed by atoms with Crippen LogP contribution in [0.25, 0.3) is 16.6 Å². The van der Waals surface area contributed by atoms with Gasteiger partial charge >= 0.3 is 11.9 Å². The summed E-state index contributed by atoms with van der Waals surface area (Å²) in [4.78, 5) is 34.4. The van der Waals surface area contributed by atoms with E-state index in [1.807, 2.05) is 42.5 Å². The first kappa shape index (κ1) is 28.4. The van der Waals surface area contributed by atoms with E-state index >= 15 is 0 Å². The number of aromatic nitrogens is 2. The molecule has 1 aliphatic heterocycles. The summed E-state index contributed by atoms with van der Waals surface area (Å²) >= 11 is 0. The lowest BCUT2D eigenvalue weighted by Crippen LogP contribution is -2.33. The molecule has 2 N–H and O–H groups in total. The monoisotopic (exact) mass is 543 g/mol. The number of fused-ring (bicyclic) bond motifs is 3. The first-order valence-corrected chi connectivity index (χ1v) is 13.1. The Morgan fingerprint density at radius 3 is 2.30 bits per heavy atom. The van der Waals surface area contributed by atoms with Crippen LogP contribution < -0.4 is 10.3 Å². The number of carboxylic acid groups (broad SMARTS) is 2. The number of hydrogen-bond donors (Lipinski definition) is 2. The van der Waals surface area contributed by atoms with Gasteiger partial charge < -0.3 is 19.5 Å². The predicted molar refractivity (Wildman–Crippen MR) is 153 cm³/mol. The van der Waals surface area contributed by atoms with Crippen LogP contribution in [0, 0.1) is 0 Å². The van der Waals surface area contributed by atoms with Gasteiger partial charge in [0.05, 0.1) is 0 Å². The zero-order valence-electron chi connectivity index (χ0n) is 22.6. The lowest BCUT2D eigenvalue weighted by atomic mass is 10.2. The first-order chi connectivity index (χ1) is 19.2. The van der Waals surface area contributed by atoms with Gasteiger partial charge in [0.25, 0.3) is 5.56 Å². The summed E-state index contributed by atoms with van der Waals surface area (Å²) in [6, 6.07) is 22.5. The Kier molecular flexibility index (Phi) is 9.19. The van der Waals surface area contributed by atoms with E-state index in [1.165, 1.54) is 16.6 Å². The summed E-state index contributed by atoms with van der Waals surface area (Å²) in [6.07, 6.45) is 3.96. The van der Waals surface area contributed by atoms with Crippen LogP contribution in [0.1, 0.15) is 25.1 Å². The number of hydrogen-bond acceptors (Lipinski definition) is 5. The quantitative estimate of drug-likeness (QED) is 0.333. The number of rotatable bonds is 7. The van der Waals surface area contributed by atoms with Crippen molar-refractivity contribution in [1.29, 1.82) is 0 Å². The topological polar surface area (TPSA) is 114 Å². The fourth-order valence-electron chi connectivity index (χ4n) is 4.70. The number of carboxylic acids is 2. The van der Waals surface area contributed by atoms with Crippen LogP contribution in [0.2, 0.25) is 0 Å². The molecule has 0 atom stereocenters. The lowest BCUT2D eigenvalue weighted by Gasteiger charge is -2.23. The Morgan fingerprint density at radius 1 is 0.925 bits per heavy atom. The molecule has 3 heterocycles. The second-order valence-corrected chi connectivity index (χ2v) is 9.76. The normalized spacial score (nSPS) is 13.5. The molecule has 2 aromatic heterocycles. The van der Waals surface area contributed by atoms with Crippen molar-refractivity contribution >= 4 is 22.8 Å². The third kappa shape index (κ3) is 7.27. The average molecular weight is 544 g/mol. The maximum absolute atomic E-state index is 12.8. The molecule has 0 radical (unpaired) electrons. The summed E-state index contributed by atoms with van der Waals surface area (Å²) in [7, 11) is 0. The van der Waals surface area contributed by atoms with Gasteiger partial charge in [-0.15, -0.1) is 0 Å². The molecule has 0 saturated heterocycles. The second kappa shape index (κ2) is 12.9. The molecule has 0 aliphatic carbocycles. The number of aliphatic carboxylic acids is 2. The molecule has 0 fully saturated rings. The molecule has 0 bridgehead atoms. The van der Waals surface area contributed by atoms with Gasteiger partial charge in [-0.25, -0.2) is 9.59 Å². The molecular formula is C31H33N3O6. The van der Waals surface area contributed by atoms with E-state index in [9.17, 15) is 14.4 Å². The Labute approximate surface area is 232 Å². The molecule has 9 heteroatoms. The van der Waals surface area contributed by atoms with Crippen molar-refractivity contribution in [3.05, 3.63) is 107 Å². The van der Waals surface area contributed by atoms with Crippen LogP contribution >= 0.6 is 0 Å². The smallest absolute Gasteiger partial charge is 0.328 e. The Balaban J connectivity index is 0.000000406. The van der Waals surface area contributed by atoms with Crippen molar-refractivity contribution in [1.82, 2.24) is 14.0 Å². The van der Waals surface area contributed by atoms with Crippen molar-refractivity contribution in [3.8, 4) is 11.4 Å². The first-order valence-electron chi connectivity index (χ1n) is 13.1. The maximum Gasteiger partial charge on any atom is 0.328 e. The molecule has 2 aromatic carbocycles. The standard InChI is InChI=1S/C27H29N3O2.C4H4O4/c1-20(2)28-12-10-24-17-22-16-23(8-9-26(22)29(24)15-14-28)30-13-11-25(18-27(30)31)32-19-21-6-4-3-5-7-21;5-3(6)1-2-4(7)8/h3-9,11,13,16-18,20H,10,12,14-15,19H2,1-2H3;1-2H,(H,5,6)(H,7,8). The highest BCUT2D eigenvalue weighted by molar-refractivity contribution is 5.89. The highest BCUT2D eigenvalue weighted by Crippen LogP contribution is 2.25. The molecule has 208 valence electrons. The van der Waals surface area contributed by atoms with Crippen molar-refractivity contribution in [2.45, 2.75) is 39.5 Å². The van der Waals surface area contributed by atoms with E-state index in [-0.39, 0.29) is 5.56 Å². The van der Waals surface area contributed by atoms with Crippen molar-refractivity contribution in [2.24, 2.45) is 0 Å². The summed E-state index contributed by atoms with van der Waals surface area (Å²) in [5, 5.41) is 16.8. The van der Waals surface area contributed by atoms with E-state index in [0.717, 1.165) is 37.3 Å². The summed E-state index contributed by atoms with van der Waals surface area (Å²) in [6.45, 7) is 8.14. The number of carbonyl (C=O) groups is 2. The predicted octanol–water partition coefficient (Wildman–Crippen LogP) is 4.35. The number of benzene rings is 2. The summed E-state index contributed by atoms with van der Waals surface area (Å²) in [5.41, 5.74) is 4.47. The minimum atomic E-state index is -1.26. The maximum atomic E-state index is 12.8. The van der Waals surface area contributed by atoms with Crippen LogP contribution in [0.15, 0.2) is 89.9 Å². The molecule has 5 rings (SSSR count). The van der Waals surface area contributed by atoms with Crippen LogP contribution in [-0.4, -0.2) is 55.3 Å². The van der Waals surface area contributed by atoms with Crippen molar-refractivity contribution in [3.63, 3.8) is 0 Å². The molecule has 4 aromatic rings. The summed E-state index contributed by atoms with van der Waals surface area (Å²) in [5.74, 6) is -1.93. The largest absolute Gasteiger partial charge is 0.489 e. The lowest BCUT2D eigenvalue weighted by molar-refractivity contribution is -0.134. The van der Waals surface area contributed by atoms with Gasteiger partial charge in [0.1, 0.15) is 12.4 Å². The van der Waals surface area contributed by atoms with E-state index < -0.39 is 11.9 Å². The Morgan fingerprint density at radius 2 is 1.65 bits per heavy atom. The van der Waals surface area contributed by atoms with E-state index in [0.29, 0.717) is 30.6 Å². The molecule has 9 nitrogen and oxygen atoms in total. The van der Waals surface area contributed by atoms with Crippen LogP contribution in [0.5, 0.6) is 5.75 Å². The molecule has 1 aliphatic rings. The zero-order chi connectivity index (χ0) is 28.6. The Hall–Kier alpha value is -4.63. The fraction of sp³-hybridized carbons (Fsp3) is 0.258. The highest BCUT2D eigenvalue weighted by atomic mass is 16.5. The van der Waals surface area contributed by atoms with Gasteiger partial charge in [-0.1, -0.05) is 30.3 Å². The highest BCUT2D eigenvalue weighted by Gasteiger charge is 2.18. The second-order valence-electron chi connectivity index (χ2n) is 9.76. The van der Waals surface area contributed by atoms with E-state index in [4.69, 9.17) is 14.9 Å². The summed E-state index contributed by atoms with van der Waals surface area (Å²) < 4.78 is 9.92. The van der Waals surface area contributed by atoms with Gasteiger partial charge in [-0.05, 0) is 49.7 Å². The van der Waals surface area contributed by atoms with Crippen LogP contribution in [-0.2, 0) is 29.2 Å². The van der Waals surface area contributed by atoms with Crippen LogP contribution in [0.4, 0.5) is 0 Å². The molecule has 0 unspecified atom stereocenters. The number of nitrogens with zero attached hydrogens (tertiary/aromatic N) is 3. The average Bonchev–Trinajstić information content (AvgIpc) is 3.13. The molecule has 0 saturated carbocycles. The fourth-order valence-corrected chi connectivity index (χ4v) is 4.70. The Bertz CT molecular complexity index is 1550.